The number of allylic oxidation sites excluding steroid dienone is 4. The first-order chi connectivity index (χ1) is 6.74. The molecular weight excluding hydrogens is 557 g/mol. The van der Waals surface area contributed by atoms with E-state index in [1.807, 2.05) is 0 Å². The van der Waals surface area contributed by atoms with Gasteiger partial charge in [0.15, 0.2) is 0 Å². The van der Waals surface area contributed by atoms with Crippen LogP contribution < -0.4 is 13.3 Å². The quantitative estimate of drug-likeness (QED) is 0.279. The number of esters is 1. The first-order valence-electron chi connectivity index (χ1n) is 3.78. The number of carbonyl (C=O) groups is 1. The van der Waals surface area contributed by atoms with Crippen molar-refractivity contribution >= 4 is 43.2 Å². The van der Waals surface area contributed by atoms with E-state index in [1.54, 1.807) is 0 Å². The van der Waals surface area contributed by atoms with Gasteiger partial charge in [0.05, 0.1) is 0 Å². The fraction of sp³-hybridized carbons (Fsp3) is 0.375. The van der Waals surface area contributed by atoms with Crippen LogP contribution in [0.25, 0.3) is 0 Å². The van der Waals surface area contributed by atoms with Crippen LogP contribution in [0.4, 0.5) is 0 Å². The van der Waals surface area contributed by atoms with E-state index in [1.165, 1.54) is 11.0 Å². The molecule has 0 aliphatic heterocycles. The first kappa shape index (κ1) is 15.9. The van der Waals surface area contributed by atoms with Gasteiger partial charge in [-0.05, 0) is 0 Å². The summed E-state index contributed by atoms with van der Waals surface area (Å²) in [7, 11) is 1.44. The Bertz CT molecular complexity index is 229. The van der Waals surface area contributed by atoms with Gasteiger partial charge in [0.2, 0.25) is 0 Å². The molecule has 2 nitrogen and oxygen atoms in total. The molecule has 0 aromatic carbocycles. The first-order valence-corrected chi connectivity index (χ1v) is 18.2. The van der Waals surface area contributed by atoms with E-state index in [2.05, 4.69) is 60.2 Å². The number of hydrogen-bond acceptors (Lipinski definition) is 2. The molecule has 0 amide bonds. The second-order valence-corrected chi connectivity index (χ2v) is 20.7. The molecular formula is C8H10I3O2Ti-. The van der Waals surface area contributed by atoms with Crippen molar-refractivity contribution in [3.63, 3.8) is 0 Å². The Morgan fingerprint density at radius 1 is 1.71 bits per heavy atom. The van der Waals surface area contributed by atoms with E-state index in [0.29, 0.717) is 18.0 Å². The molecule has 0 fully saturated rings. The van der Waals surface area contributed by atoms with Crippen LogP contribution in [0.3, 0.4) is 0 Å². The molecule has 0 bridgehead atoms. The number of rotatable bonds is 3. The van der Waals surface area contributed by atoms with E-state index >= 15 is 0 Å². The predicted molar refractivity (Wildman–Crippen MR) is 66.7 cm³/mol. The maximum absolute atomic E-state index is 10.7. The molecule has 0 saturated heterocycles. The Morgan fingerprint density at radius 3 is 2.79 bits per heavy atom. The van der Waals surface area contributed by atoms with E-state index in [9.17, 15) is 4.79 Å². The Balaban J connectivity index is 0.000000500. The third-order valence-corrected chi connectivity index (χ3v) is 3.47. The summed E-state index contributed by atoms with van der Waals surface area (Å²) < 4.78 is 6.62. The normalized spacial score (nSPS) is 12.9. The summed E-state index contributed by atoms with van der Waals surface area (Å²) in [5.41, 5.74) is 0. The maximum atomic E-state index is 10.7. The SMILES string of the molecule is COC(=O)[CH2][Ti][C]1=CC=CC1.I[I-]I. The Labute approximate surface area is 123 Å². The molecule has 0 aromatic heterocycles. The number of methoxy groups -OCH3 is 1. The van der Waals surface area contributed by atoms with Crippen molar-refractivity contribution < 1.29 is 41.9 Å². The van der Waals surface area contributed by atoms with Crippen LogP contribution in [0, 0.1) is 0 Å². The van der Waals surface area contributed by atoms with Crippen LogP contribution in [0.5, 0.6) is 0 Å². The van der Waals surface area contributed by atoms with Crippen LogP contribution in [-0.2, 0) is 28.7 Å². The molecule has 0 unspecified atom stereocenters. The molecule has 80 valence electrons. The zero-order chi connectivity index (χ0) is 10.8. The minimum atomic E-state index is -0.229. The Kier molecular flexibility index (Phi) is 12.8. The van der Waals surface area contributed by atoms with Gasteiger partial charge in [-0.15, -0.1) is 0 Å². The molecule has 0 aromatic rings. The Morgan fingerprint density at radius 2 is 2.36 bits per heavy atom. The molecule has 6 heteroatoms. The summed E-state index contributed by atoms with van der Waals surface area (Å²) in [5.74, 6) is -0.0715. The van der Waals surface area contributed by atoms with Crippen molar-refractivity contribution in [3.8, 4) is 0 Å². The van der Waals surface area contributed by atoms with E-state index in [-0.39, 0.29) is 25.1 Å². The molecule has 0 spiro atoms. The summed E-state index contributed by atoms with van der Waals surface area (Å²) in [6.07, 6.45) is 7.34. The van der Waals surface area contributed by atoms with Gasteiger partial charge < -0.3 is 0 Å². The number of ether oxygens (including phenoxy) is 1. The van der Waals surface area contributed by atoms with E-state index in [0.717, 1.165) is 6.42 Å². The third kappa shape index (κ3) is 9.11. The topological polar surface area (TPSA) is 26.3 Å². The molecule has 0 saturated carbocycles. The zero-order valence-electron chi connectivity index (χ0n) is 7.60. The van der Waals surface area contributed by atoms with Gasteiger partial charge in [-0.3, -0.25) is 0 Å². The molecule has 0 atom stereocenters. The summed E-state index contributed by atoms with van der Waals surface area (Å²) in [6, 6.07) is 0. The fourth-order valence-electron chi connectivity index (χ4n) is 0.836. The van der Waals surface area contributed by atoms with Crippen molar-refractivity contribution in [2.75, 3.05) is 7.11 Å². The van der Waals surface area contributed by atoms with Crippen molar-refractivity contribution in [1.29, 1.82) is 0 Å². The van der Waals surface area contributed by atoms with Gasteiger partial charge in [-0.25, -0.2) is 0 Å². The van der Waals surface area contributed by atoms with Crippen LogP contribution in [0.1, 0.15) is 6.42 Å². The minimum absolute atomic E-state index is 0.0715. The fourth-order valence-corrected chi connectivity index (χ4v) is 2.39. The summed E-state index contributed by atoms with van der Waals surface area (Å²) in [4.78, 5) is 10.7. The van der Waals surface area contributed by atoms with Gasteiger partial charge in [-0.2, -0.15) is 0 Å². The van der Waals surface area contributed by atoms with Gasteiger partial charge >= 0.3 is 126 Å². The monoisotopic (exact) mass is 567 g/mol. The average Bonchev–Trinajstić information content (AvgIpc) is 2.68. The van der Waals surface area contributed by atoms with Gasteiger partial charge in [0.1, 0.15) is 0 Å². The van der Waals surface area contributed by atoms with Crippen LogP contribution in [0.15, 0.2) is 22.1 Å². The van der Waals surface area contributed by atoms with Gasteiger partial charge in [-0.1, -0.05) is 0 Å². The summed E-state index contributed by atoms with van der Waals surface area (Å²) in [6.45, 7) is 0. The number of halogens is 3. The number of hydrogen-bond donors (Lipinski definition) is 0. The Hall–Kier alpha value is 1.85. The zero-order valence-corrected chi connectivity index (χ0v) is 15.6. The van der Waals surface area contributed by atoms with Crippen LogP contribution in [-0.4, -0.2) is 13.1 Å². The van der Waals surface area contributed by atoms with Crippen LogP contribution in [0.2, 0.25) is 4.73 Å². The molecule has 0 radical (unpaired) electrons. The van der Waals surface area contributed by atoms with Crippen molar-refractivity contribution in [2.45, 2.75) is 11.1 Å². The number of carbonyl (C=O) groups excluding carboxylic acids is 1. The summed E-state index contributed by atoms with van der Waals surface area (Å²) >= 11 is 5.07. The van der Waals surface area contributed by atoms with Gasteiger partial charge in [0, 0.05) is 0 Å². The third-order valence-electron chi connectivity index (χ3n) is 1.46. The predicted octanol–water partition coefficient (Wildman–Crippen LogP) is 0.279. The van der Waals surface area contributed by atoms with Crippen molar-refractivity contribution in [1.82, 2.24) is 0 Å². The second-order valence-electron chi connectivity index (χ2n) is 2.31. The van der Waals surface area contributed by atoms with Gasteiger partial charge in [0.25, 0.3) is 0 Å². The molecule has 14 heavy (non-hydrogen) atoms. The summed E-state index contributed by atoms with van der Waals surface area (Å²) in [5, 5.41) is 0. The second kappa shape index (κ2) is 11.3. The molecule has 0 N–H and O–H groups in total. The van der Waals surface area contributed by atoms with Crippen molar-refractivity contribution in [3.05, 3.63) is 22.1 Å². The van der Waals surface area contributed by atoms with Crippen LogP contribution >= 0.6 is 37.2 Å². The molecule has 1 aliphatic carbocycles. The van der Waals surface area contributed by atoms with E-state index in [4.69, 9.17) is 0 Å². The molecule has 1 aliphatic rings. The molecule has 1 rings (SSSR count). The molecule has 0 heterocycles. The standard InChI is InChI=1S/C5H5.C3H5O2.I3.Ti/c1-2-4-5-3-1;1-3(4)5-2;1-3-2;/h1-3H,4H2;1H2,2H3;;/q;;-1;. The van der Waals surface area contributed by atoms with E-state index < -0.39 is 0 Å². The average molecular weight is 567 g/mol. The van der Waals surface area contributed by atoms with Crippen molar-refractivity contribution in [2.24, 2.45) is 0 Å².